The van der Waals surface area contributed by atoms with E-state index >= 15 is 0 Å². The van der Waals surface area contributed by atoms with Gasteiger partial charge in [-0.3, -0.25) is 4.79 Å². The first kappa shape index (κ1) is 20.3. The zero-order valence-corrected chi connectivity index (χ0v) is 18.1. The largest absolute Gasteiger partial charge is 0.493 e. The molecule has 4 nitrogen and oxygen atoms in total. The summed E-state index contributed by atoms with van der Waals surface area (Å²) in [5.41, 5.74) is 4.82. The molecule has 0 saturated heterocycles. The molecule has 1 unspecified atom stereocenters. The molecule has 154 valence electrons. The highest BCUT2D eigenvalue weighted by molar-refractivity contribution is 6.31. The van der Waals surface area contributed by atoms with E-state index in [0.717, 1.165) is 28.7 Å². The Morgan fingerprint density at radius 1 is 0.967 bits per heavy atom. The Hall–Kier alpha value is -2.98. The van der Waals surface area contributed by atoms with Crippen molar-refractivity contribution in [3.05, 3.63) is 93.5 Å². The lowest BCUT2D eigenvalue weighted by atomic mass is 9.87. The van der Waals surface area contributed by atoms with Crippen molar-refractivity contribution in [2.75, 3.05) is 20.8 Å². The predicted octanol–water partition coefficient (Wildman–Crippen LogP) is 5.45. The standard InChI is InChI=1S/C25H24ClNO3/c1-16-8-10-17(11-9-16)25(28)27-13-12-18-14-22(29-2)23(30-3)15-20(18)24(27)19-6-4-5-7-21(19)26/h4-11,14-15,24H,12-13H2,1-3H3. The van der Waals surface area contributed by atoms with Gasteiger partial charge in [0.15, 0.2) is 11.5 Å². The third-order valence-electron chi connectivity index (χ3n) is 5.63. The van der Waals surface area contributed by atoms with E-state index < -0.39 is 0 Å². The number of carbonyl (C=O) groups excluding carboxylic acids is 1. The normalized spacial score (nSPS) is 15.5. The first-order chi connectivity index (χ1) is 14.5. The highest BCUT2D eigenvalue weighted by Crippen LogP contribution is 2.43. The maximum Gasteiger partial charge on any atom is 0.254 e. The van der Waals surface area contributed by atoms with Crippen LogP contribution >= 0.6 is 11.6 Å². The molecule has 3 aromatic rings. The maximum atomic E-state index is 13.5. The molecule has 1 heterocycles. The molecule has 0 saturated carbocycles. The number of aryl methyl sites for hydroxylation is 1. The molecule has 0 radical (unpaired) electrons. The van der Waals surface area contributed by atoms with E-state index in [1.807, 2.05) is 72.5 Å². The quantitative estimate of drug-likeness (QED) is 0.562. The lowest BCUT2D eigenvalue weighted by molar-refractivity contribution is 0.0694. The second kappa shape index (κ2) is 8.41. The summed E-state index contributed by atoms with van der Waals surface area (Å²) in [5.74, 6) is 1.31. The van der Waals surface area contributed by atoms with E-state index in [9.17, 15) is 4.79 Å². The summed E-state index contributed by atoms with van der Waals surface area (Å²) in [6, 6.07) is 19.0. The van der Waals surface area contributed by atoms with Crippen LogP contribution < -0.4 is 9.47 Å². The minimum Gasteiger partial charge on any atom is -0.493 e. The molecule has 4 rings (SSSR count). The molecule has 1 aliphatic rings. The summed E-state index contributed by atoms with van der Waals surface area (Å²) in [7, 11) is 3.25. The number of carbonyl (C=O) groups is 1. The molecule has 0 fully saturated rings. The highest BCUT2D eigenvalue weighted by atomic mass is 35.5. The molecule has 0 spiro atoms. The second-order valence-electron chi connectivity index (χ2n) is 7.44. The summed E-state index contributed by atoms with van der Waals surface area (Å²) in [6.45, 7) is 2.60. The third kappa shape index (κ3) is 3.63. The van der Waals surface area contributed by atoms with Gasteiger partial charge >= 0.3 is 0 Å². The van der Waals surface area contributed by atoms with Gasteiger partial charge in [-0.2, -0.15) is 0 Å². The molecule has 0 N–H and O–H groups in total. The van der Waals surface area contributed by atoms with Gasteiger partial charge < -0.3 is 14.4 Å². The zero-order valence-electron chi connectivity index (χ0n) is 17.3. The predicted molar refractivity (Wildman–Crippen MR) is 119 cm³/mol. The summed E-state index contributed by atoms with van der Waals surface area (Å²) in [5, 5.41) is 0.631. The number of amides is 1. The number of nitrogens with zero attached hydrogens (tertiary/aromatic N) is 1. The Balaban J connectivity index is 1.86. The van der Waals surface area contributed by atoms with Crippen LogP contribution in [0.4, 0.5) is 0 Å². The minimum atomic E-state index is -0.309. The smallest absolute Gasteiger partial charge is 0.254 e. The summed E-state index contributed by atoms with van der Waals surface area (Å²) in [6.07, 6.45) is 0.730. The lowest BCUT2D eigenvalue weighted by Crippen LogP contribution is -2.40. The monoisotopic (exact) mass is 421 g/mol. The average molecular weight is 422 g/mol. The molecule has 3 aromatic carbocycles. The lowest BCUT2D eigenvalue weighted by Gasteiger charge is -2.38. The molecule has 5 heteroatoms. The van der Waals surface area contributed by atoms with E-state index in [4.69, 9.17) is 21.1 Å². The Morgan fingerprint density at radius 3 is 2.30 bits per heavy atom. The first-order valence-corrected chi connectivity index (χ1v) is 10.3. The Bertz CT molecular complexity index is 1080. The van der Waals surface area contributed by atoms with Crippen LogP contribution in [0.3, 0.4) is 0 Å². The number of ether oxygens (including phenoxy) is 2. The van der Waals surface area contributed by atoms with E-state index in [2.05, 4.69) is 0 Å². The summed E-state index contributed by atoms with van der Waals surface area (Å²) < 4.78 is 11.0. The van der Waals surface area contributed by atoms with Gasteiger partial charge in [-0.1, -0.05) is 47.5 Å². The Labute approximate surface area is 182 Å². The van der Waals surface area contributed by atoms with E-state index in [-0.39, 0.29) is 11.9 Å². The van der Waals surface area contributed by atoms with Gasteiger partial charge in [-0.25, -0.2) is 0 Å². The van der Waals surface area contributed by atoms with Crippen molar-refractivity contribution >= 4 is 17.5 Å². The van der Waals surface area contributed by atoms with Crippen LogP contribution in [0.5, 0.6) is 11.5 Å². The van der Waals surface area contributed by atoms with Crippen LogP contribution in [-0.4, -0.2) is 31.6 Å². The molecule has 1 amide bonds. The fourth-order valence-electron chi connectivity index (χ4n) is 4.06. The average Bonchev–Trinajstić information content (AvgIpc) is 2.78. The number of methoxy groups -OCH3 is 2. The van der Waals surface area contributed by atoms with Gasteiger partial charge in [0.2, 0.25) is 0 Å². The highest BCUT2D eigenvalue weighted by Gasteiger charge is 2.34. The molecule has 30 heavy (non-hydrogen) atoms. The topological polar surface area (TPSA) is 38.8 Å². The van der Waals surface area contributed by atoms with Crippen molar-refractivity contribution in [1.82, 2.24) is 4.90 Å². The number of hydrogen-bond acceptors (Lipinski definition) is 3. The van der Waals surface area contributed by atoms with Crippen molar-refractivity contribution in [3.63, 3.8) is 0 Å². The van der Waals surface area contributed by atoms with Gasteiger partial charge in [-0.05, 0) is 60.4 Å². The Morgan fingerprint density at radius 2 is 1.63 bits per heavy atom. The van der Waals surface area contributed by atoms with Crippen LogP contribution in [0, 0.1) is 6.92 Å². The van der Waals surface area contributed by atoms with Crippen LogP contribution in [0.25, 0.3) is 0 Å². The van der Waals surface area contributed by atoms with Gasteiger partial charge in [-0.15, -0.1) is 0 Å². The molecular formula is C25H24ClNO3. The van der Waals surface area contributed by atoms with Crippen LogP contribution in [0.2, 0.25) is 5.02 Å². The van der Waals surface area contributed by atoms with Crippen molar-refractivity contribution in [2.45, 2.75) is 19.4 Å². The van der Waals surface area contributed by atoms with Gasteiger partial charge in [0.1, 0.15) is 0 Å². The number of benzene rings is 3. The van der Waals surface area contributed by atoms with Crippen molar-refractivity contribution in [2.24, 2.45) is 0 Å². The Kier molecular flexibility index (Phi) is 5.69. The van der Waals surface area contributed by atoms with Gasteiger partial charge in [0.05, 0.1) is 20.3 Å². The maximum absolute atomic E-state index is 13.5. The van der Waals surface area contributed by atoms with Crippen molar-refractivity contribution < 1.29 is 14.3 Å². The number of halogens is 1. The zero-order chi connectivity index (χ0) is 21.3. The van der Waals surface area contributed by atoms with Crippen molar-refractivity contribution in [1.29, 1.82) is 0 Å². The SMILES string of the molecule is COc1cc2c(cc1OC)C(c1ccccc1Cl)N(C(=O)c1ccc(C)cc1)CC2. The van der Waals surface area contributed by atoms with Gasteiger partial charge in [0.25, 0.3) is 5.91 Å². The fraction of sp³-hybridized carbons (Fsp3) is 0.240. The first-order valence-electron chi connectivity index (χ1n) is 9.90. The third-order valence-corrected chi connectivity index (χ3v) is 5.98. The van der Waals surface area contributed by atoms with Crippen LogP contribution in [0.15, 0.2) is 60.7 Å². The number of rotatable bonds is 4. The molecular weight excluding hydrogens is 398 g/mol. The number of hydrogen-bond donors (Lipinski definition) is 0. The van der Waals surface area contributed by atoms with Crippen molar-refractivity contribution in [3.8, 4) is 11.5 Å². The summed E-state index contributed by atoms with van der Waals surface area (Å²) in [4.78, 5) is 15.4. The van der Waals surface area contributed by atoms with E-state index in [0.29, 0.717) is 28.6 Å². The number of fused-ring (bicyclic) bond motifs is 1. The minimum absolute atomic E-state index is 0.0136. The van der Waals surface area contributed by atoms with Crippen LogP contribution in [-0.2, 0) is 6.42 Å². The van der Waals surface area contributed by atoms with Crippen LogP contribution in [0.1, 0.15) is 38.7 Å². The molecule has 0 aromatic heterocycles. The molecule has 1 atom stereocenters. The molecule has 0 aliphatic carbocycles. The summed E-state index contributed by atoms with van der Waals surface area (Å²) >= 11 is 6.60. The van der Waals surface area contributed by atoms with Gasteiger partial charge in [0, 0.05) is 17.1 Å². The molecule has 1 aliphatic heterocycles. The molecule has 0 bridgehead atoms. The van der Waals surface area contributed by atoms with E-state index in [1.165, 1.54) is 0 Å². The fourth-order valence-corrected chi connectivity index (χ4v) is 4.30. The van der Waals surface area contributed by atoms with E-state index in [1.54, 1.807) is 14.2 Å². The second-order valence-corrected chi connectivity index (χ2v) is 7.85.